The summed E-state index contributed by atoms with van der Waals surface area (Å²) in [6, 6.07) is 12.5. The molecule has 1 fully saturated rings. The van der Waals surface area contributed by atoms with Gasteiger partial charge in [0.1, 0.15) is 19.3 Å². The molecule has 3 aliphatic rings. The van der Waals surface area contributed by atoms with Crippen molar-refractivity contribution in [2.24, 2.45) is 0 Å². The second kappa shape index (κ2) is 5.51. The molecule has 0 spiro atoms. The van der Waals surface area contributed by atoms with E-state index in [1.807, 2.05) is 18.2 Å². The Kier molecular flexibility index (Phi) is 3.06. The Morgan fingerprint density at radius 1 is 1.00 bits per heavy atom. The average molecular weight is 375 g/mol. The summed E-state index contributed by atoms with van der Waals surface area (Å²) >= 11 is 0. The van der Waals surface area contributed by atoms with Crippen LogP contribution in [0.25, 0.3) is 10.9 Å². The lowest BCUT2D eigenvalue weighted by Crippen LogP contribution is -2.39. The van der Waals surface area contributed by atoms with Crippen molar-refractivity contribution >= 4 is 28.5 Å². The van der Waals surface area contributed by atoms with Crippen molar-refractivity contribution in [3.63, 3.8) is 0 Å². The SMILES string of the molecule is O=C1C2Cc3c([nH]c4ccccc34)CN2C(=O)N1c1ccc2c(c1)OCCO2. The molecule has 140 valence electrons. The Labute approximate surface area is 160 Å². The Morgan fingerprint density at radius 3 is 2.71 bits per heavy atom. The van der Waals surface area contributed by atoms with Gasteiger partial charge in [0.25, 0.3) is 5.91 Å². The number of anilines is 1. The summed E-state index contributed by atoms with van der Waals surface area (Å²) in [6.07, 6.45) is 0.519. The first-order chi connectivity index (χ1) is 13.7. The van der Waals surface area contributed by atoms with Crippen LogP contribution in [-0.4, -0.2) is 41.1 Å². The standard InChI is InChI=1S/C21H17N3O4/c25-20-17-10-14-13-3-1-2-4-15(13)22-16(14)11-23(17)21(26)24(20)12-5-6-18-19(9-12)28-8-7-27-18/h1-6,9,17,22H,7-8,10-11H2. The molecule has 0 aliphatic carbocycles. The molecule has 0 bridgehead atoms. The third-order valence-electron chi connectivity index (χ3n) is 5.73. The van der Waals surface area contributed by atoms with Gasteiger partial charge in [0, 0.05) is 29.1 Å². The van der Waals surface area contributed by atoms with Crippen LogP contribution in [0.5, 0.6) is 11.5 Å². The van der Waals surface area contributed by atoms with Crippen molar-refractivity contribution in [3.8, 4) is 11.5 Å². The average Bonchev–Trinajstić information content (AvgIpc) is 3.21. The normalized spacial score (nSPS) is 20.5. The number of benzene rings is 2. The van der Waals surface area contributed by atoms with Crippen LogP contribution in [0.15, 0.2) is 42.5 Å². The number of rotatable bonds is 1. The molecule has 1 aromatic heterocycles. The maximum atomic E-state index is 13.2. The van der Waals surface area contributed by atoms with E-state index in [9.17, 15) is 9.59 Å². The number of carbonyl (C=O) groups excluding carboxylic acids is 2. The van der Waals surface area contributed by atoms with Gasteiger partial charge in [-0.15, -0.1) is 0 Å². The van der Waals surface area contributed by atoms with Crippen LogP contribution in [0, 0.1) is 0 Å². The zero-order valence-corrected chi connectivity index (χ0v) is 15.0. The van der Waals surface area contributed by atoms with Crippen LogP contribution in [0.1, 0.15) is 11.3 Å². The number of ether oxygens (including phenoxy) is 2. The highest BCUT2D eigenvalue weighted by atomic mass is 16.6. The van der Waals surface area contributed by atoms with Crippen LogP contribution in [0.4, 0.5) is 10.5 Å². The molecule has 2 aromatic carbocycles. The van der Waals surface area contributed by atoms with E-state index in [4.69, 9.17) is 9.47 Å². The zero-order chi connectivity index (χ0) is 18.8. The molecule has 1 saturated heterocycles. The molecule has 3 aromatic rings. The van der Waals surface area contributed by atoms with Gasteiger partial charge in [0.2, 0.25) is 0 Å². The van der Waals surface area contributed by atoms with E-state index in [-0.39, 0.29) is 11.9 Å². The molecular formula is C21H17N3O4. The maximum absolute atomic E-state index is 13.2. The van der Waals surface area contributed by atoms with Gasteiger partial charge in [-0.25, -0.2) is 9.69 Å². The third-order valence-corrected chi connectivity index (χ3v) is 5.73. The zero-order valence-electron chi connectivity index (χ0n) is 15.0. The summed E-state index contributed by atoms with van der Waals surface area (Å²) < 4.78 is 11.1. The molecule has 4 heterocycles. The van der Waals surface area contributed by atoms with Crippen LogP contribution in [-0.2, 0) is 17.8 Å². The number of fused-ring (bicyclic) bond motifs is 5. The van der Waals surface area contributed by atoms with Crippen LogP contribution < -0.4 is 14.4 Å². The van der Waals surface area contributed by atoms with Gasteiger partial charge in [-0.05, 0) is 23.8 Å². The molecule has 3 amide bonds. The number of hydrogen-bond donors (Lipinski definition) is 1. The van der Waals surface area contributed by atoms with Crippen LogP contribution in [0.2, 0.25) is 0 Å². The number of carbonyl (C=O) groups is 2. The lowest BCUT2D eigenvalue weighted by atomic mass is 9.97. The second-order valence-electron chi connectivity index (χ2n) is 7.26. The van der Waals surface area contributed by atoms with Gasteiger partial charge in [-0.3, -0.25) is 4.79 Å². The van der Waals surface area contributed by atoms with Crippen molar-refractivity contribution < 1.29 is 19.1 Å². The minimum atomic E-state index is -0.479. The molecule has 28 heavy (non-hydrogen) atoms. The van der Waals surface area contributed by atoms with E-state index in [0.29, 0.717) is 43.4 Å². The Morgan fingerprint density at radius 2 is 1.82 bits per heavy atom. The van der Waals surface area contributed by atoms with Gasteiger partial charge in [-0.2, -0.15) is 0 Å². The summed E-state index contributed by atoms with van der Waals surface area (Å²) in [4.78, 5) is 32.6. The van der Waals surface area contributed by atoms with E-state index < -0.39 is 6.04 Å². The topological polar surface area (TPSA) is 74.9 Å². The molecule has 7 nitrogen and oxygen atoms in total. The summed E-state index contributed by atoms with van der Waals surface area (Å²) in [5, 5.41) is 1.12. The fourth-order valence-corrected chi connectivity index (χ4v) is 4.41. The van der Waals surface area contributed by atoms with Crippen molar-refractivity contribution in [2.45, 2.75) is 19.0 Å². The van der Waals surface area contributed by atoms with Crippen molar-refractivity contribution in [1.29, 1.82) is 0 Å². The molecular weight excluding hydrogens is 358 g/mol. The van der Waals surface area contributed by atoms with E-state index in [1.165, 1.54) is 4.90 Å². The number of nitrogens with zero attached hydrogens (tertiary/aromatic N) is 2. The fourth-order valence-electron chi connectivity index (χ4n) is 4.41. The number of aromatic nitrogens is 1. The monoisotopic (exact) mass is 375 g/mol. The summed E-state index contributed by atoms with van der Waals surface area (Å²) in [7, 11) is 0. The maximum Gasteiger partial charge on any atom is 0.332 e. The number of nitrogens with one attached hydrogen (secondary N) is 1. The summed E-state index contributed by atoms with van der Waals surface area (Å²) in [5.41, 5.74) is 3.68. The molecule has 7 heteroatoms. The number of aromatic amines is 1. The molecule has 1 unspecified atom stereocenters. The quantitative estimate of drug-likeness (QED) is 0.664. The molecule has 3 aliphatic heterocycles. The van der Waals surface area contributed by atoms with E-state index in [2.05, 4.69) is 11.1 Å². The van der Waals surface area contributed by atoms with E-state index in [1.54, 1.807) is 23.1 Å². The molecule has 1 atom stereocenters. The predicted octanol–water partition coefficient (Wildman–Crippen LogP) is 2.83. The van der Waals surface area contributed by atoms with Crippen molar-refractivity contribution in [1.82, 2.24) is 9.88 Å². The first-order valence-corrected chi connectivity index (χ1v) is 9.33. The molecule has 0 radical (unpaired) electrons. The highest BCUT2D eigenvalue weighted by Crippen LogP contribution is 2.39. The van der Waals surface area contributed by atoms with Crippen molar-refractivity contribution in [3.05, 3.63) is 53.7 Å². The molecule has 6 rings (SSSR count). The lowest BCUT2D eigenvalue weighted by Gasteiger charge is -2.26. The first-order valence-electron chi connectivity index (χ1n) is 9.33. The van der Waals surface area contributed by atoms with Crippen LogP contribution in [0.3, 0.4) is 0 Å². The van der Waals surface area contributed by atoms with Crippen molar-refractivity contribution in [2.75, 3.05) is 18.1 Å². The Bertz CT molecular complexity index is 1150. The summed E-state index contributed by atoms with van der Waals surface area (Å²) in [6.45, 7) is 1.35. The fraction of sp³-hybridized carbons (Fsp3) is 0.238. The number of H-pyrrole nitrogens is 1. The van der Waals surface area contributed by atoms with Gasteiger partial charge in [-0.1, -0.05) is 18.2 Å². The lowest BCUT2D eigenvalue weighted by molar-refractivity contribution is -0.119. The predicted molar refractivity (Wildman–Crippen MR) is 102 cm³/mol. The number of hydrogen-bond acceptors (Lipinski definition) is 4. The van der Waals surface area contributed by atoms with Gasteiger partial charge in [0.05, 0.1) is 12.2 Å². The minimum absolute atomic E-state index is 0.197. The highest BCUT2D eigenvalue weighted by molar-refractivity contribution is 6.21. The van der Waals surface area contributed by atoms with Gasteiger partial charge < -0.3 is 19.4 Å². The Hall–Kier alpha value is -3.48. The highest BCUT2D eigenvalue weighted by Gasteiger charge is 2.48. The Balaban J connectivity index is 1.38. The number of para-hydroxylation sites is 1. The second-order valence-corrected chi connectivity index (χ2v) is 7.26. The summed E-state index contributed by atoms with van der Waals surface area (Å²) in [5.74, 6) is 0.997. The number of urea groups is 1. The number of amides is 3. The van der Waals surface area contributed by atoms with Crippen LogP contribution >= 0.6 is 0 Å². The molecule has 0 saturated carbocycles. The first kappa shape index (κ1) is 15.6. The minimum Gasteiger partial charge on any atom is -0.486 e. The molecule has 1 N–H and O–H groups in total. The van der Waals surface area contributed by atoms with E-state index >= 15 is 0 Å². The largest absolute Gasteiger partial charge is 0.486 e. The number of imide groups is 1. The smallest absolute Gasteiger partial charge is 0.332 e. The van der Waals surface area contributed by atoms with Gasteiger partial charge in [0.15, 0.2) is 11.5 Å². The van der Waals surface area contributed by atoms with Gasteiger partial charge >= 0.3 is 6.03 Å². The third kappa shape index (κ3) is 2.04. The van der Waals surface area contributed by atoms with E-state index in [0.717, 1.165) is 22.2 Å².